The van der Waals surface area contributed by atoms with Crippen LogP contribution in [0, 0.1) is 0 Å². The first kappa shape index (κ1) is 27.1. The molecular formula is C32H33NO7. The van der Waals surface area contributed by atoms with Crippen molar-refractivity contribution in [1.29, 1.82) is 0 Å². The number of ether oxygens (including phenoxy) is 3. The number of fused-ring (bicyclic) bond motifs is 1. The molecule has 4 aromatic rings. The molecule has 40 heavy (non-hydrogen) atoms. The van der Waals surface area contributed by atoms with Crippen LogP contribution in [0.1, 0.15) is 58.1 Å². The Hall–Kier alpha value is -4.43. The van der Waals surface area contributed by atoms with Crippen LogP contribution in [-0.4, -0.2) is 46.9 Å². The highest BCUT2D eigenvalue weighted by Gasteiger charge is 2.37. The van der Waals surface area contributed by atoms with Crippen LogP contribution in [0.4, 0.5) is 0 Å². The lowest BCUT2D eigenvalue weighted by Gasteiger charge is -2.30. The first-order valence-electron chi connectivity index (χ1n) is 13.2. The van der Waals surface area contributed by atoms with Gasteiger partial charge in [0.2, 0.25) is 5.75 Å². The van der Waals surface area contributed by atoms with Crippen molar-refractivity contribution in [3.63, 3.8) is 0 Å². The van der Waals surface area contributed by atoms with Crippen molar-refractivity contribution in [2.75, 3.05) is 20.8 Å². The second-order valence-electron chi connectivity index (χ2n) is 9.99. The SMILES string of the molecule is CCc1cc(-c2cccc([C@H](COC)Cc3c(O)c(OC)c(O)c4c3OC(c3ccc(O)cc3)CC4=O)c2)c[nH]1. The Labute approximate surface area is 232 Å². The standard InChI is InChI=1S/C32H33NO7/c1-4-23-13-21(16-33-23)19-6-5-7-20(12-19)22(17-38-2)14-25-29(36)32(39-3)30(37)28-26(35)15-27(40-31(25)28)18-8-10-24(34)11-9-18/h5-13,16,22,27,33-34,36-37H,4,14-15,17H2,1-3H3/t22-,27?/m0/s1. The summed E-state index contributed by atoms with van der Waals surface area (Å²) in [5.74, 6) is -1.22. The van der Waals surface area contributed by atoms with Crippen LogP contribution < -0.4 is 9.47 Å². The Balaban J connectivity index is 1.57. The lowest BCUT2D eigenvalue weighted by atomic mass is 9.86. The number of aromatic amines is 1. The first-order chi connectivity index (χ1) is 19.3. The molecule has 8 nitrogen and oxygen atoms in total. The van der Waals surface area contributed by atoms with Gasteiger partial charge in [0.15, 0.2) is 17.3 Å². The van der Waals surface area contributed by atoms with Gasteiger partial charge in [-0.05, 0) is 53.3 Å². The maximum Gasteiger partial charge on any atom is 0.204 e. The van der Waals surface area contributed by atoms with Gasteiger partial charge in [0.25, 0.3) is 0 Å². The van der Waals surface area contributed by atoms with Crippen molar-refractivity contribution in [2.24, 2.45) is 0 Å². The van der Waals surface area contributed by atoms with Crippen molar-refractivity contribution in [2.45, 2.75) is 38.2 Å². The van der Waals surface area contributed by atoms with E-state index in [9.17, 15) is 20.1 Å². The summed E-state index contributed by atoms with van der Waals surface area (Å²) in [6.07, 6.45) is 2.48. The van der Waals surface area contributed by atoms with E-state index in [1.807, 2.05) is 24.4 Å². The second kappa shape index (κ2) is 11.4. The molecule has 1 aromatic heterocycles. The maximum absolute atomic E-state index is 13.3. The molecule has 0 bridgehead atoms. The Morgan fingerprint density at radius 1 is 1.02 bits per heavy atom. The molecular weight excluding hydrogens is 510 g/mol. The molecule has 5 rings (SSSR count). The lowest BCUT2D eigenvalue weighted by molar-refractivity contribution is 0.0839. The number of carbonyl (C=O) groups excluding carboxylic acids is 1. The van der Waals surface area contributed by atoms with E-state index in [1.54, 1.807) is 19.2 Å². The smallest absolute Gasteiger partial charge is 0.204 e. The van der Waals surface area contributed by atoms with Crippen molar-refractivity contribution in [1.82, 2.24) is 4.98 Å². The molecule has 1 aliphatic heterocycles. The molecule has 8 heteroatoms. The summed E-state index contributed by atoms with van der Waals surface area (Å²) in [6, 6.07) is 16.7. The third-order valence-corrected chi connectivity index (χ3v) is 7.47. The minimum Gasteiger partial charge on any atom is -0.508 e. The van der Waals surface area contributed by atoms with Crippen LogP contribution in [0.15, 0.2) is 60.8 Å². The molecule has 0 amide bonds. The predicted molar refractivity (Wildman–Crippen MR) is 151 cm³/mol. The fourth-order valence-electron chi connectivity index (χ4n) is 5.33. The van der Waals surface area contributed by atoms with Gasteiger partial charge in [-0.25, -0.2) is 0 Å². The zero-order valence-corrected chi connectivity index (χ0v) is 22.7. The largest absolute Gasteiger partial charge is 0.508 e. The van der Waals surface area contributed by atoms with Crippen LogP contribution in [-0.2, 0) is 17.6 Å². The Morgan fingerprint density at radius 2 is 1.80 bits per heavy atom. The lowest BCUT2D eigenvalue weighted by Crippen LogP contribution is -2.23. The summed E-state index contributed by atoms with van der Waals surface area (Å²) < 4.78 is 17.2. The molecule has 2 heterocycles. The number of carbonyl (C=O) groups is 1. The van der Waals surface area contributed by atoms with Crippen LogP contribution in [0.25, 0.3) is 11.1 Å². The number of hydrogen-bond acceptors (Lipinski definition) is 7. The number of benzene rings is 3. The van der Waals surface area contributed by atoms with Crippen LogP contribution in [0.2, 0.25) is 0 Å². The van der Waals surface area contributed by atoms with E-state index in [-0.39, 0.29) is 53.1 Å². The molecule has 0 fully saturated rings. The van der Waals surface area contributed by atoms with Gasteiger partial charge in [0.05, 0.1) is 20.1 Å². The number of phenolic OH excluding ortho intramolecular Hbond substituents is 3. The number of aromatic hydroxyl groups is 3. The number of Topliss-reactive ketones (excluding diaryl/α,β-unsaturated/α-hetero) is 1. The summed E-state index contributed by atoms with van der Waals surface area (Å²) in [7, 11) is 2.94. The van der Waals surface area contributed by atoms with Gasteiger partial charge in [-0.1, -0.05) is 43.3 Å². The van der Waals surface area contributed by atoms with Crippen molar-refractivity contribution in [3.05, 3.63) is 88.7 Å². The zero-order valence-electron chi connectivity index (χ0n) is 22.7. The molecule has 0 aliphatic carbocycles. The Kier molecular flexibility index (Phi) is 7.71. The van der Waals surface area contributed by atoms with Crippen molar-refractivity contribution >= 4 is 5.78 Å². The topological polar surface area (TPSA) is 121 Å². The molecule has 4 N–H and O–H groups in total. The van der Waals surface area contributed by atoms with E-state index in [4.69, 9.17) is 14.2 Å². The second-order valence-corrected chi connectivity index (χ2v) is 9.99. The van der Waals surface area contributed by atoms with Crippen LogP contribution in [0.5, 0.6) is 28.7 Å². The molecule has 0 saturated heterocycles. The van der Waals surface area contributed by atoms with Gasteiger partial charge in [-0.2, -0.15) is 0 Å². The zero-order chi connectivity index (χ0) is 28.4. The Morgan fingerprint density at radius 3 is 2.48 bits per heavy atom. The molecule has 2 atom stereocenters. The summed E-state index contributed by atoms with van der Waals surface area (Å²) in [5.41, 5.74) is 5.28. The van der Waals surface area contributed by atoms with Gasteiger partial charge >= 0.3 is 0 Å². The first-order valence-corrected chi connectivity index (χ1v) is 13.2. The average molecular weight is 544 g/mol. The van der Waals surface area contributed by atoms with Gasteiger partial charge < -0.3 is 34.5 Å². The van der Waals surface area contributed by atoms with Gasteiger partial charge in [-0.15, -0.1) is 0 Å². The molecule has 0 spiro atoms. The summed E-state index contributed by atoms with van der Waals surface area (Å²) >= 11 is 0. The highest BCUT2D eigenvalue weighted by molar-refractivity contribution is 6.04. The fraction of sp³-hybridized carbons (Fsp3) is 0.281. The molecule has 208 valence electrons. The van der Waals surface area contributed by atoms with Crippen LogP contribution >= 0.6 is 0 Å². The molecule has 3 aromatic carbocycles. The van der Waals surface area contributed by atoms with E-state index >= 15 is 0 Å². The quantitative estimate of drug-likeness (QED) is 0.203. The predicted octanol–water partition coefficient (Wildman–Crippen LogP) is 6.05. The van der Waals surface area contributed by atoms with E-state index in [2.05, 4.69) is 24.0 Å². The van der Waals surface area contributed by atoms with E-state index in [1.165, 1.54) is 19.2 Å². The molecule has 0 saturated carbocycles. The molecule has 0 radical (unpaired) electrons. The normalized spacial score (nSPS) is 15.4. The van der Waals surface area contributed by atoms with Gasteiger partial charge in [0, 0.05) is 30.5 Å². The van der Waals surface area contributed by atoms with Crippen molar-refractivity contribution < 1.29 is 34.3 Å². The number of hydrogen-bond donors (Lipinski definition) is 4. The number of nitrogens with one attached hydrogen (secondary N) is 1. The number of rotatable bonds is 9. The van der Waals surface area contributed by atoms with E-state index < -0.39 is 11.9 Å². The number of H-pyrrole nitrogens is 1. The number of ketones is 1. The monoisotopic (exact) mass is 543 g/mol. The van der Waals surface area contributed by atoms with E-state index in [0.717, 1.165) is 28.8 Å². The van der Waals surface area contributed by atoms with Crippen LogP contribution in [0.3, 0.4) is 0 Å². The number of methoxy groups -OCH3 is 2. The fourth-order valence-corrected chi connectivity index (χ4v) is 5.33. The van der Waals surface area contributed by atoms with Crippen molar-refractivity contribution in [3.8, 4) is 39.9 Å². The number of phenols is 3. The number of aromatic nitrogens is 1. The average Bonchev–Trinajstić information content (AvgIpc) is 3.45. The van der Waals surface area contributed by atoms with Gasteiger partial charge in [0.1, 0.15) is 23.2 Å². The number of aryl methyl sites for hydroxylation is 1. The summed E-state index contributed by atoms with van der Waals surface area (Å²) in [4.78, 5) is 16.6. The third kappa shape index (κ3) is 5.10. The molecule has 1 unspecified atom stereocenters. The minimum atomic E-state index is -0.655. The highest BCUT2D eigenvalue weighted by atomic mass is 16.5. The molecule has 1 aliphatic rings. The van der Waals surface area contributed by atoms with E-state index in [0.29, 0.717) is 17.7 Å². The highest BCUT2D eigenvalue weighted by Crippen LogP contribution is 2.52. The summed E-state index contributed by atoms with van der Waals surface area (Å²) in [6.45, 7) is 2.43. The summed E-state index contributed by atoms with van der Waals surface area (Å²) in [5, 5.41) is 31.9. The van der Waals surface area contributed by atoms with Gasteiger partial charge in [-0.3, -0.25) is 4.79 Å². The third-order valence-electron chi connectivity index (χ3n) is 7.47. The maximum atomic E-state index is 13.3. The Bertz CT molecular complexity index is 1520. The minimum absolute atomic E-state index is 0.0102.